The Morgan fingerprint density at radius 2 is 1.75 bits per heavy atom. The van der Waals surface area contributed by atoms with Crippen molar-refractivity contribution in [1.82, 2.24) is 4.90 Å². The van der Waals surface area contributed by atoms with Gasteiger partial charge >= 0.3 is 12.1 Å². The average molecular weight is 456 g/mol. The van der Waals surface area contributed by atoms with Gasteiger partial charge < -0.3 is 4.74 Å². The lowest BCUT2D eigenvalue weighted by molar-refractivity contribution is -0.185. The third-order valence-corrected chi connectivity index (χ3v) is 5.32. The van der Waals surface area contributed by atoms with Crippen molar-refractivity contribution in [2.45, 2.75) is 32.2 Å². The van der Waals surface area contributed by atoms with Crippen molar-refractivity contribution in [2.75, 3.05) is 13.1 Å². The number of likely N-dealkylation sites (tertiary alicyclic amines) is 1. The van der Waals surface area contributed by atoms with Crippen LogP contribution >= 0.6 is 15.9 Å². The molecule has 1 aliphatic rings. The number of esters is 1. The first kappa shape index (κ1) is 20.9. The van der Waals surface area contributed by atoms with E-state index in [4.69, 9.17) is 4.74 Å². The first-order chi connectivity index (χ1) is 13.3. The lowest BCUT2D eigenvalue weighted by Crippen LogP contribution is -2.38. The number of carbonyl (C=O) groups is 1. The molecule has 3 nitrogen and oxygen atoms in total. The molecule has 0 saturated carbocycles. The standard InChI is InChI=1S/C21H21BrF3NO2/c22-19-11-16(13-26-8-6-18(7-9-26)21(23,24)25)10-17(12-19)20(27)28-14-15-4-2-1-3-5-15/h1-5,10-12,18H,6-9,13-14H2. The van der Waals surface area contributed by atoms with Crippen LogP contribution in [0.4, 0.5) is 13.2 Å². The minimum Gasteiger partial charge on any atom is -0.457 e. The molecule has 1 fully saturated rings. The van der Waals surface area contributed by atoms with Crippen molar-refractivity contribution in [3.05, 3.63) is 69.7 Å². The van der Waals surface area contributed by atoms with Crippen molar-refractivity contribution in [3.8, 4) is 0 Å². The van der Waals surface area contributed by atoms with E-state index in [1.165, 1.54) is 0 Å². The van der Waals surface area contributed by atoms with Gasteiger partial charge in [-0.1, -0.05) is 46.3 Å². The minimum atomic E-state index is -4.11. The molecular formula is C21H21BrF3NO2. The van der Waals surface area contributed by atoms with Crippen molar-refractivity contribution in [2.24, 2.45) is 5.92 Å². The Labute approximate surface area is 170 Å². The monoisotopic (exact) mass is 455 g/mol. The highest BCUT2D eigenvalue weighted by Gasteiger charge is 2.40. The molecule has 0 N–H and O–H groups in total. The molecule has 0 aromatic heterocycles. The summed E-state index contributed by atoms with van der Waals surface area (Å²) in [4.78, 5) is 14.4. The SMILES string of the molecule is O=C(OCc1ccccc1)c1cc(Br)cc(CN2CCC(C(F)(F)F)CC2)c1. The van der Waals surface area contributed by atoms with E-state index in [2.05, 4.69) is 15.9 Å². The highest BCUT2D eigenvalue weighted by molar-refractivity contribution is 9.10. The molecule has 1 heterocycles. The second-order valence-corrected chi connectivity index (χ2v) is 7.92. The lowest BCUT2D eigenvalue weighted by atomic mass is 9.96. The summed E-state index contributed by atoms with van der Waals surface area (Å²) in [6, 6.07) is 14.7. The molecular weight excluding hydrogens is 435 g/mol. The van der Waals surface area contributed by atoms with Crippen LogP contribution in [0.2, 0.25) is 0 Å². The van der Waals surface area contributed by atoms with E-state index < -0.39 is 18.1 Å². The molecule has 0 bridgehead atoms. The number of carbonyl (C=O) groups excluding carboxylic acids is 1. The van der Waals surface area contributed by atoms with Crippen molar-refractivity contribution < 1.29 is 22.7 Å². The van der Waals surface area contributed by atoms with Crippen LogP contribution in [0, 0.1) is 5.92 Å². The molecule has 28 heavy (non-hydrogen) atoms. The van der Waals surface area contributed by atoms with E-state index in [0.29, 0.717) is 25.2 Å². The molecule has 0 radical (unpaired) electrons. The summed E-state index contributed by atoms with van der Waals surface area (Å²) >= 11 is 3.40. The first-order valence-electron chi connectivity index (χ1n) is 9.11. The number of ether oxygens (including phenoxy) is 1. The normalized spacial score (nSPS) is 16.1. The summed E-state index contributed by atoms with van der Waals surface area (Å²) in [5.74, 6) is -1.64. The van der Waals surface area contributed by atoms with Crippen LogP contribution in [-0.4, -0.2) is 30.1 Å². The van der Waals surface area contributed by atoms with E-state index in [9.17, 15) is 18.0 Å². The Hall–Kier alpha value is -1.86. The molecule has 0 amide bonds. The summed E-state index contributed by atoms with van der Waals surface area (Å²) in [6.45, 7) is 1.48. The van der Waals surface area contributed by atoms with Crippen LogP contribution in [0.15, 0.2) is 53.0 Å². The molecule has 1 saturated heterocycles. The van der Waals surface area contributed by atoms with Gasteiger partial charge in [0, 0.05) is 11.0 Å². The van der Waals surface area contributed by atoms with E-state index >= 15 is 0 Å². The third-order valence-electron chi connectivity index (χ3n) is 4.86. The number of piperidine rings is 1. The van der Waals surface area contributed by atoms with Crippen LogP contribution in [-0.2, 0) is 17.9 Å². The predicted molar refractivity (Wildman–Crippen MR) is 104 cm³/mol. The highest BCUT2D eigenvalue weighted by Crippen LogP contribution is 2.34. The first-order valence-corrected chi connectivity index (χ1v) is 9.90. The Bertz CT molecular complexity index is 803. The van der Waals surface area contributed by atoms with Crippen LogP contribution < -0.4 is 0 Å². The fraction of sp³-hybridized carbons (Fsp3) is 0.381. The predicted octanol–water partition coefficient (Wildman–Crippen LogP) is 5.58. The molecule has 7 heteroatoms. The highest BCUT2D eigenvalue weighted by atomic mass is 79.9. The zero-order valence-electron chi connectivity index (χ0n) is 15.2. The zero-order chi connectivity index (χ0) is 20.1. The maximum Gasteiger partial charge on any atom is 0.391 e. The fourth-order valence-corrected chi connectivity index (χ4v) is 3.88. The van der Waals surface area contributed by atoms with Crippen LogP contribution in [0.25, 0.3) is 0 Å². The Morgan fingerprint density at radius 1 is 1.07 bits per heavy atom. The largest absolute Gasteiger partial charge is 0.457 e. The van der Waals surface area contributed by atoms with Gasteiger partial charge in [0.1, 0.15) is 6.61 Å². The number of halogens is 4. The Balaban J connectivity index is 1.59. The molecule has 1 aliphatic heterocycles. The maximum absolute atomic E-state index is 12.8. The lowest BCUT2D eigenvalue weighted by Gasteiger charge is -2.32. The van der Waals surface area contributed by atoms with Gasteiger partial charge in [-0.05, 0) is 55.3 Å². The number of alkyl halides is 3. The van der Waals surface area contributed by atoms with Gasteiger partial charge in [-0.15, -0.1) is 0 Å². The second kappa shape index (κ2) is 9.09. The quantitative estimate of drug-likeness (QED) is 0.551. The van der Waals surface area contributed by atoms with Crippen molar-refractivity contribution >= 4 is 21.9 Å². The molecule has 3 rings (SSSR count). The summed E-state index contributed by atoms with van der Waals surface area (Å²) < 4.78 is 44.5. The molecule has 2 aromatic carbocycles. The fourth-order valence-electron chi connectivity index (χ4n) is 3.34. The summed E-state index contributed by atoms with van der Waals surface area (Å²) in [5.41, 5.74) is 2.19. The molecule has 0 atom stereocenters. The Kier molecular flexibility index (Phi) is 6.78. The maximum atomic E-state index is 12.8. The van der Waals surface area contributed by atoms with Crippen LogP contribution in [0.3, 0.4) is 0 Å². The topological polar surface area (TPSA) is 29.5 Å². The van der Waals surface area contributed by atoms with Gasteiger partial charge in [0.25, 0.3) is 0 Å². The van der Waals surface area contributed by atoms with Crippen LogP contribution in [0.1, 0.15) is 34.3 Å². The minimum absolute atomic E-state index is 0.115. The Morgan fingerprint density at radius 3 is 2.39 bits per heavy atom. The molecule has 0 unspecified atom stereocenters. The van der Waals surface area contributed by atoms with Gasteiger partial charge in [-0.3, -0.25) is 4.90 Å². The molecule has 150 valence electrons. The van der Waals surface area contributed by atoms with Crippen LogP contribution in [0.5, 0.6) is 0 Å². The molecule has 2 aromatic rings. The van der Waals surface area contributed by atoms with Gasteiger partial charge in [0.05, 0.1) is 11.5 Å². The smallest absolute Gasteiger partial charge is 0.391 e. The average Bonchev–Trinajstić information content (AvgIpc) is 2.66. The van der Waals surface area contributed by atoms with E-state index in [-0.39, 0.29) is 19.4 Å². The number of hydrogen-bond donors (Lipinski definition) is 0. The number of rotatable bonds is 5. The number of benzene rings is 2. The number of nitrogens with zero attached hydrogens (tertiary/aromatic N) is 1. The van der Waals surface area contributed by atoms with E-state index in [1.54, 1.807) is 12.1 Å². The van der Waals surface area contributed by atoms with Crippen molar-refractivity contribution in [1.29, 1.82) is 0 Å². The van der Waals surface area contributed by atoms with E-state index in [0.717, 1.165) is 15.6 Å². The summed E-state index contributed by atoms with van der Waals surface area (Å²) in [5, 5.41) is 0. The molecule has 0 aliphatic carbocycles. The molecule has 0 spiro atoms. The third kappa shape index (κ3) is 5.82. The summed E-state index contributed by atoms with van der Waals surface area (Å²) in [7, 11) is 0. The summed E-state index contributed by atoms with van der Waals surface area (Å²) in [6.07, 6.45) is -3.88. The van der Waals surface area contributed by atoms with Gasteiger partial charge in [-0.2, -0.15) is 13.2 Å². The number of hydrogen-bond acceptors (Lipinski definition) is 3. The van der Waals surface area contributed by atoms with E-state index in [1.807, 2.05) is 41.3 Å². The zero-order valence-corrected chi connectivity index (χ0v) is 16.8. The van der Waals surface area contributed by atoms with Gasteiger partial charge in [0.15, 0.2) is 0 Å². The second-order valence-electron chi connectivity index (χ2n) is 7.00. The van der Waals surface area contributed by atoms with Gasteiger partial charge in [-0.25, -0.2) is 4.79 Å². The van der Waals surface area contributed by atoms with Gasteiger partial charge in [0.2, 0.25) is 0 Å². The van der Waals surface area contributed by atoms with Crippen molar-refractivity contribution in [3.63, 3.8) is 0 Å².